The fraction of sp³-hybridized carbons (Fsp3) is 0.438. The van der Waals surface area contributed by atoms with Crippen molar-refractivity contribution >= 4 is 30.6 Å². The van der Waals surface area contributed by atoms with E-state index in [4.69, 9.17) is 4.65 Å². The van der Waals surface area contributed by atoms with Crippen molar-refractivity contribution < 1.29 is 24.4 Å². The average molecular weight is 527 g/mol. The third-order valence-corrected chi connectivity index (χ3v) is 8.57. The van der Waals surface area contributed by atoms with Crippen LogP contribution in [0.1, 0.15) is 57.6 Å². The highest BCUT2D eigenvalue weighted by molar-refractivity contribution is 6.43. The second-order valence-corrected chi connectivity index (χ2v) is 11.4. The molecule has 2 fully saturated rings. The van der Waals surface area contributed by atoms with Crippen molar-refractivity contribution in [3.63, 3.8) is 0 Å². The molecule has 39 heavy (non-hydrogen) atoms. The van der Waals surface area contributed by atoms with Crippen LogP contribution in [-0.2, 0) is 14.2 Å². The monoisotopic (exact) mass is 527 g/mol. The summed E-state index contributed by atoms with van der Waals surface area (Å²) in [4.78, 5) is 28.2. The molecule has 0 spiro atoms. The van der Waals surface area contributed by atoms with Crippen LogP contribution in [0.3, 0.4) is 0 Å². The summed E-state index contributed by atoms with van der Waals surface area (Å²) in [7, 11) is -0.985. The lowest BCUT2D eigenvalue weighted by Gasteiger charge is -2.44. The largest absolute Gasteiger partial charge is 0.507 e. The van der Waals surface area contributed by atoms with Gasteiger partial charge in [0.2, 0.25) is 11.8 Å². The average Bonchev–Trinajstić information content (AvgIpc) is 3.16. The van der Waals surface area contributed by atoms with Crippen molar-refractivity contribution in [1.82, 2.24) is 4.90 Å². The zero-order chi connectivity index (χ0) is 27.7. The Morgan fingerprint density at radius 1 is 1.08 bits per heavy atom. The summed E-state index contributed by atoms with van der Waals surface area (Å²) >= 11 is 0. The molecule has 0 unspecified atom stereocenters. The van der Waals surface area contributed by atoms with E-state index in [1.807, 2.05) is 43.3 Å². The van der Waals surface area contributed by atoms with Crippen molar-refractivity contribution in [3.8, 4) is 5.75 Å². The molecule has 2 aliphatic heterocycles. The number of hydrogen-bond acceptors (Lipinski definition) is 5. The van der Waals surface area contributed by atoms with Crippen LogP contribution in [0.2, 0.25) is 6.32 Å². The minimum Gasteiger partial charge on any atom is -0.507 e. The van der Waals surface area contributed by atoms with Crippen molar-refractivity contribution in [2.45, 2.75) is 58.9 Å². The number of hydrogen-bond donors (Lipinski definition) is 2. The Morgan fingerprint density at radius 2 is 1.79 bits per heavy atom. The van der Waals surface area contributed by atoms with Gasteiger partial charge in [-0.1, -0.05) is 74.9 Å². The summed E-state index contributed by atoms with van der Waals surface area (Å²) in [6.07, 6.45) is 4.58. The predicted octanol–water partition coefficient (Wildman–Crippen LogP) is 5.58. The predicted molar refractivity (Wildman–Crippen MR) is 153 cm³/mol. The number of imide groups is 1. The van der Waals surface area contributed by atoms with E-state index in [2.05, 4.69) is 26.0 Å². The van der Waals surface area contributed by atoms with Crippen LogP contribution in [0, 0.1) is 23.7 Å². The fourth-order valence-electron chi connectivity index (χ4n) is 6.79. The summed E-state index contributed by atoms with van der Waals surface area (Å²) in [5.41, 5.74) is 5.17. The molecule has 3 aliphatic rings. The van der Waals surface area contributed by atoms with Crippen LogP contribution in [-0.4, -0.2) is 46.6 Å². The van der Waals surface area contributed by atoms with E-state index in [1.165, 1.54) is 10.5 Å². The highest BCUT2D eigenvalue weighted by Crippen LogP contribution is 2.52. The second-order valence-electron chi connectivity index (χ2n) is 11.4. The molecular formula is C32H38BNO5. The van der Waals surface area contributed by atoms with E-state index < -0.39 is 13.0 Å². The first-order valence-corrected chi connectivity index (χ1v) is 14.3. The van der Waals surface area contributed by atoms with E-state index in [-0.39, 0.29) is 41.4 Å². The summed E-state index contributed by atoms with van der Waals surface area (Å²) in [5.74, 6) is -0.684. The molecule has 2 N–H and O–H groups in total. The maximum Gasteiger partial charge on any atom is 0.455 e. The number of aromatic hydroxyl groups is 1. The summed E-state index contributed by atoms with van der Waals surface area (Å²) in [5, 5.41) is 21.3. The number of benzene rings is 2. The first-order chi connectivity index (χ1) is 18.8. The zero-order valence-corrected chi connectivity index (χ0v) is 23.0. The Hall–Kier alpha value is -3.16. The van der Waals surface area contributed by atoms with Gasteiger partial charge in [-0.2, -0.15) is 0 Å². The first-order valence-electron chi connectivity index (χ1n) is 14.3. The Kier molecular flexibility index (Phi) is 8.10. The van der Waals surface area contributed by atoms with Crippen LogP contribution in [0.25, 0.3) is 11.6 Å². The van der Waals surface area contributed by atoms with Gasteiger partial charge in [0.25, 0.3) is 0 Å². The molecule has 0 bridgehead atoms. The van der Waals surface area contributed by atoms with E-state index in [1.54, 1.807) is 12.1 Å². The van der Waals surface area contributed by atoms with E-state index in [0.29, 0.717) is 32.1 Å². The number of phenols is 1. The Labute approximate surface area is 231 Å². The standard InChI is InChI=1S/C32H38BNO5/c1-4-16-34-31(36)25-18-24(20(2)3)29-26(30(25)32(34)37)19-33(38)39-28(29)15-14-22(21-10-6-5-7-11-21)17-23-12-8-9-13-27(23)35/h5-13,17,20,25-26,28,30,35,38H,4,14-16,18-19H2,1-3H3/b22-17-/t25-,26+,28-,30-/m1/s1. The van der Waals surface area contributed by atoms with Crippen LogP contribution < -0.4 is 0 Å². The van der Waals surface area contributed by atoms with Gasteiger partial charge in [-0.3, -0.25) is 14.5 Å². The van der Waals surface area contributed by atoms with Gasteiger partial charge in [-0.25, -0.2) is 0 Å². The second kappa shape index (κ2) is 11.5. The maximum absolute atomic E-state index is 13.5. The molecule has 204 valence electrons. The molecule has 2 aromatic rings. The molecule has 6 nitrogen and oxygen atoms in total. The van der Waals surface area contributed by atoms with Crippen molar-refractivity contribution in [1.29, 1.82) is 0 Å². The lowest BCUT2D eigenvalue weighted by Crippen LogP contribution is -2.46. The van der Waals surface area contributed by atoms with Gasteiger partial charge >= 0.3 is 7.12 Å². The number of amides is 2. The molecule has 5 rings (SSSR count). The topological polar surface area (TPSA) is 87.1 Å². The summed E-state index contributed by atoms with van der Waals surface area (Å²) < 4.78 is 6.19. The summed E-state index contributed by atoms with van der Waals surface area (Å²) in [6.45, 7) is 6.71. The molecule has 2 aromatic carbocycles. The van der Waals surface area contributed by atoms with Crippen molar-refractivity contribution in [3.05, 3.63) is 76.9 Å². The molecule has 4 atom stereocenters. The van der Waals surface area contributed by atoms with Crippen molar-refractivity contribution in [2.75, 3.05) is 6.54 Å². The van der Waals surface area contributed by atoms with Gasteiger partial charge in [0, 0.05) is 12.1 Å². The van der Waals surface area contributed by atoms with E-state index >= 15 is 0 Å². The number of rotatable bonds is 8. The number of allylic oxidation sites excluding steroid dienone is 2. The number of phenolic OH excluding ortho intramolecular Hbond substituents is 1. The van der Waals surface area contributed by atoms with E-state index in [9.17, 15) is 19.7 Å². The number of nitrogens with zero attached hydrogens (tertiary/aromatic N) is 1. The molecule has 2 heterocycles. The minimum absolute atomic E-state index is 0.0569. The number of carbonyl (C=O) groups is 2. The quantitative estimate of drug-likeness (QED) is 0.203. The normalized spacial score (nSPS) is 25.4. The number of fused-ring (bicyclic) bond motifs is 3. The Morgan fingerprint density at radius 3 is 2.49 bits per heavy atom. The van der Waals surface area contributed by atoms with Gasteiger partial charge < -0.3 is 14.8 Å². The van der Waals surface area contributed by atoms with Gasteiger partial charge in [0.05, 0.1) is 17.9 Å². The Bertz CT molecular complexity index is 1290. The zero-order valence-electron chi connectivity index (χ0n) is 23.0. The fourth-order valence-corrected chi connectivity index (χ4v) is 6.79. The van der Waals surface area contributed by atoms with Crippen LogP contribution in [0.5, 0.6) is 5.75 Å². The molecule has 2 amide bonds. The highest BCUT2D eigenvalue weighted by atomic mass is 16.5. The van der Waals surface area contributed by atoms with Gasteiger partial charge in [-0.05, 0) is 72.7 Å². The number of likely N-dealkylation sites (tertiary alicyclic amines) is 1. The SMILES string of the molecule is CCCN1C(=O)[C@@H]2[C@@H](CC(C(C)C)=C3[C@@H](CC/C(=C/c4ccccc4O)c4ccccc4)OB(O)C[C@@H]32)C1=O. The molecule has 0 saturated carbocycles. The van der Waals surface area contributed by atoms with Gasteiger partial charge in [-0.15, -0.1) is 0 Å². The minimum atomic E-state index is -0.985. The third kappa shape index (κ3) is 5.35. The number of para-hydroxylation sites is 1. The maximum atomic E-state index is 13.5. The molecule has 0 aromatic heterocycles. The van der Waals surface area contributed by atoms with Crippen molar-refractivity contribution in [2.24, 2.45) is 23.7 Å². The van der Waals surface area contributed by atoms with Gasteiger partial charge in [0.1, 0.15) is 5.75 Å². The summed E-state index contributed by atoms with van der Waals surface area (Å²) in [6, 6.07) is 17.4. The van der Waals surface area contributed by atoms with Crippen LogP contribution in [0.15, 0.2) is 65.7 Å². The Balaban J connectivity index is 1.49. The molecular weight excluding hydrogens is 489 g/mol. The smallest absolute Gasteiger partial charge is 0.455 e. The lowest BCUT2D eigenvalue weighted by atomic mass is 9.57. The molecule has 2 saturated heterocycles. The highest BCUT2D eigenvalue weighted by Gasteiger charge is 2.57. The van der Waals surface area contributed by atoms with E-state index in [0.717, 1.165) is 28.7 Å². The van der Waals surface area contributed by atoms with Crippen LogP contribution >= 0.6 is 0 Å². The third-order valence-electron chi connectivity index (χ3n) is 8.57. The molecule has 1 aliphatic carbocycles. The van der Waals surface area contributed by atoms with Gasteiger partial charge in [0.15, 0.2) is 0 Å². The first kappa shape index (κ1) is 27.4. The number of carbonyl (C=O) groups excluding carboxylic acids is 2. The molecule has 0 radical (unpaired) electrons. The molecule has 7 heteroatoms. The lowest BCUT2D eigenvalue weighted by molar-refractivity contribution is -0.140. The van der Waals surface area contributed by atoms with Crippen LogP contribution in [0.4, 0.5) is 0 Å².